The molecule has 2 fully saturated rings. The topological polar surface area (TPSA) is 70.9 Å². The first-order valence-corrected chi connectivity index (χ1v) is 13.6. The normalized spacial score (nSPS) is 26.2. The van der Waals surface area contributed by atoms with Crippen LogP contribution >= 0.6 is 0 Å². The summed E-state index contributed by atoms with van der Waals surface area (Å²) in [5, 5.41) is 4.72. The minimum absolute atomic E-state index is 0.0193. The molecule has 1 aromatic carbocycles. The zero-order valence-corrected chi connectivity index (χ0v) is 21.5. The van der Waals surface area contributed by atoms with E-state index in [-0.39, 0.29) is 30.6 Å². The van der Waals surface area contributed by atoms with Crippen LogP contribution in [-0.2, 0) is 35.3 Å². The number of rotatable bonds is 4. The smallest absolute Gasteiger partial charge is 0.274 e. The van der Waals surface area contributed by atoms with Gasteiger partial charge in [-0.25, -0.2) is 0 Å². The van der Waals surface area contributed by atoms with E-state index in [4.69, 9.17) is 9.84 Å². The fraction of sp³-hybridized carbons (Fsp3) is 0.607. The molecule has 3 heterocycles. The second-order valence-corrected chi connectivity index (χ2v) is 10.9. The maximum absolute atomic E-state index is 13.4. The standard InChI is InChI=1S/C28H37N5O3/c1-19-16-32(17-20(2)36-19)28(35)27-23-8-5-9-25(23)33(29-27)18-26(34)31-14-12-30(13-15-31)24-11-10-21-6-3-4-7-22(21)24/h3-4,6-7,19-20,24H,5,8-18H2,1-2H3/t19-,20+,24?. The number of benzene rings is 1. The Morgan fingerprint density at radius 1 is 0.972 bits per heavy atom. The van der Waals surface area contributed by atoms with Crippen molar-refractivity contribution in [3.8, 4) is 0 Å². The van der Waals surface area contributed by atoms with E-state index < -0.39 is 0 Å². The number of aryl methyl sites for hydroxylation is 1. The molecule has 4 aliphatic rings. The molecule has 0 bridgehead atoms. The molecule has 6 rings (SSSR count). The Hall–Kier alpha value is -2.71. The Balaban J connectivity index is 1.11. The van der Waals surface area contributed by atoms with Crippen molar-refractivity contribution >= 4 is 11.8 Å². The molecule has 8 nitrogen and oxygen atoms in total. The van der Waals surface area contributed by atoms with Crippen LogP contribution in [0.2, 0.25) is 0 Å². The maximum atomic E-state index is 13.4. The largest absolute Gasteiger partial charge is 0.372 e. The molecule has 3 atom stereocenters. The highest BCUT2D eigenvalue weighted by molar-refractivity contribution is 5.94. The van der Waals surface area contributed by atoms with Gasteiger partial charge in [-0.3, -0.25) is 19.2 Å². The highest BCUT2D eigenvalue weighted by Gasteiger charge is 2.34. The van der Waals surface area contributed by atoms with Gasteiger partial charge in [0, 0.05) is 56.6 Å². The third-order valence-corrected chi connectivity index (χ3v) is 8.41. The summed E-state index contributed by atoms with van der Waals surface area (Å²) in [7, 11) is 0. The molecule has 0 N–H and O–H groups in total. The fourth-order valence-electron chi connectivity index (χ4n) is 6.73. The maximum Gasteiger partial charge on any atom is 0.274 e. The fourth-order valence-corrected chi connectivity index (χ4v) is 6.73. The zero-order valence-electron chi connectivity index (χ0n) is 21.5. The second-order valence-electron chi connectivity index (χ2n) is 10.9. The lowest BCUT2D eigenvalue weighted by Crippen LogP contribution is -2.50. The van der Waals surface area contributed by atoms with Gasteiger partial charge in [-0.1, -0.05) is 24.3 Å². The van der Waals surface area contributed by atoms with Crippen LogP contribution in [0.1, 0.15) is 65.6 Å². The summed E-state index contributed by atoms with van der Waals surface area (Å²) >= 11 is 0. The molecule has 1 aromatic heterocycles. The quantitative estimate of drug-likeness (QED) is 0.657. The van der Waals surface area contributed by atoms with Gasteiger partial charge in [0.25, 0.3) is 5.91 Å². The molecule has 2 saturated heterocycles. The van der Waals surface area contributed by atoms with E-state index in [1.807, 2.05) is 28.3 Å². The van der Waals surface area contributed by atoms with Gasteiger partial charge in [-0.2, -0.15) is 5.10 Å². The van der Waals surface area contributed by atoms with Crippen molar-refractivity contribution in [1.82, 2.24) is 24.5 Å². The monoisotopic (exact) mass is 491 g/mol. The molecule has 2 aliphatic heterocycles. The van der Waals surface area contributed by atoms with Gasteiger partial charge in [0.05, 0.1) is 12.2 Å². The molecule has 2 aliphatic carbocycles. The molecule has 0 saturated carbocycles. The Bertz CT molecular complexity index is 1140. The molecule has 0 radical (unpaired) electrons. The zero-order chi connectivity index (χ0) is 24.8. The summed E-state index contributed by atoms with van der Waals surface area (Å²) in [5.41, 5.74) is 5.60. The average Bonchev–Trinajstić information content (AvgIpc) is 3.60. The summed E-state index contributed by atoms with van der Waals surface area (Å²) in [6.07, 6.45) is 5.11. The third-order valence-electron chi connectivity index (χ3n) is 8.41. The van der Waals surface area contributed by atoms with E-state index in [2.05, 4.69) is 29.2 Å². The summed E-state index contributed by atoms with van der Waals surface area (Å²) in [6, 6.07) is 9.26. The van der Waals surface area contributed by atoms with E-state index in [0.29, 0.717) is 24.8 Å². The Kier molecular flexibility index (Phi) is 6.33. The van der Waals surface area contributed by atoms with Gasteiger partial charge in [-0.05, 0) is 57.1 Å². The van der Waals surface area contributed by atoms with Crippen LogP contribution < -0.4 is 0 Å². The number of nitrogens with zero attached hydrogens (tertiary/aromatic N) is 5. The van der Waals surface area contributed by atoms with Crippen LogP contribution in [0.4, 0.5) is 0 Å². The number of fused-ring (bicyclic) bond motifs is 2. The van der Waals surface area contributed by atoms with E-state index in [1.165, 1.54) is 17.5 Å². The summed E-state index contributed by atoms with van der Waals surface area (Å²) in [6.45, 7) is 8.69. The lowest BCUT2D eigenvalue weighted by molar-refractivity contribution is -0.134. The first kappa shape index (κ1) is 23.7. The van der Waals surface area contributed by atoms with Crippen molar-refractivity contribution in [2.75, 3.05) is 39.3 Å². The van der Waals surface area contributed by atoms with Crippen molar-refractivity contribution in [1.29, 1.82) is 0 Å². The Labute approximate surface area is 213 Å². The van der Waals surface area contributed by atoms with Crippen LogP contribution in [0, 0.1) is 0 Å². The minimum Gasteiger partial charge on any atom is -0.372 e. The van der Waals surface area contributed by atoms with E-state index in [9.17, 15) is 9.59 Å². The Morgan fingerprint density at radius 3 is 2.50 bits per heavy atom. The number of carbonyl (C=O) groups excluding carboxylic acids is 2. The lowest BCUT2D eigenvalue weighted by atomic mass is 10.1. The molecular formula is C28H37N5O3. The number of piperazine rings is 1. The first-order chi connectivity index (χ1) is 17.5. The molecule has 8 heteroatoms. The van der Waals surface area contributed by atoms with Crippen LogP contribution in [0.3, 0.4) is 0 Å². The van der Waals surface area contributed by atoms with Gasteiger partial charge < -0.3 is 14.5 Å². The van der Waals surface area contributed by atoms with Crippen molar-refractivity contribution in [2.45, 2.75) is 70.7 Å². The molecule has 0 spiro atoms. The molecule has 2 amide bonds. The van der Waals surface area contributed by atoms with E-state index in [1.54, 1.807) is 0 Å². The number of ether oxygens (including phenoxy) is 1. The predicted molar refractivity (Wildman–Crippen MR) is 136 cm³/mol. The predicted octanol–water partition coefficient (Wildman–Crippen LogP) is 2.45. The van der Waals surface area contributed by atoms with Crippen LogP contribution in [0.15, 0.2) is 24.3 Å². The first-order valence-electron chi connectivity index (χ1n) is 13.6. The molecule has 192 valence electrons. The molecule has 36 heavy (non-hydrogen) atoms. The van der Waals surface area contributed by atoms with Crippen LogP contribution in [0.25, 0.3) is 0 Å². The third kappa shape index (κ3) is 4.34. The number of carbonyl (C=O) groups is 2. The Morgan fingerprint density at radius 2 is 1.72 bits per heavy atom. The number of aromatic nitrogens is 2. The van der Waals surface area contributed by atoms with Crippen LogP contribution in [0.5, 0.6) is 0 Å². The molecular weight excluding hydrogens is 454 g/mol. The van der Waals surface area contributed by atoms with Crippen molar-refractivity contribution in [3.63, 3.8) is 0 Å². The van der Waals surface area contributed by atoms with Crippen molar-refractivity contribution < 1.29 is 14.3 Å². The molecule has 1 unspecified atom stereocenters. The highest BCUT2D eigenvalue weighted by atomic mass is 16.5. The number of hydrogen-bond donors (Lipinski definition) is 0. The number of amides is 2. The number of hydrogen-bond acceptors (Lipinski definition) is 5. The van der Waals surface area contributed by atoms with Crippen molar-refractivity contribution in [3.05, 3.63) is 52.3 Å². The van der Waals surface area contributed by atoms with Crippen LogP contribution in [-0.4, -0.2) is 87.8 Å². The van der Waals surface area contributed by atoms with Gasteiger partial charge in [0.1, 0.15) is 6.54 Å². The van der Waals surface area contributed by atoms with E-state index in [0.717, 1.165) is 63.1 Å². The van der Waals surface area contributed by atoms with Gasteiger partial charge in [0.15, 0.2) is 5.69 Å². The number of morpholine rings is 1. The van der Waals surface area contributed by atoms with Gasteiger partial charge in [-0.15, -0.1) is 0 Å². The summed E-state index contributed by atoms with van der Waals surface area (Å²) < 4.78 is 7.63. The molecule has 2 aromatic rings. The highest BCUT2D eigenvalue weighted by Crippen LogP contribution is 2.36. The van der Waals surface area contributed by atoms with Gasteiger partial charge >= 0.3 is 0 Å². The average molecular weight is 492 g/mol. The summed E-state index contributed by atoms with van der Waals surface area (Å²) in [5.74, 6) is 0.0816. The lowest BCUT2D eigenvalue weighted by Gasteiger charge is -2.38. The minimum atomic E-state index is -0.0215. The van der Waals surface area contributed by atoms with E-state index >= 15 is 0 Å². The van der Waals surface area contributed by atoms with Crippen molar-refractivity contribution in [2.24, 2.45) is 0 Å². The summed E-state index contributed by atoms with van der Waals surface area (Å²) in [4.78, 5) is 33.1. The second kappa shape index (κ2) is 9.63. The SMILES string of the molecule is C[C@@H]1CN(C(=O)c2nn(CC(=O)N3CCN(C4CCc5ccccc54)CC3)c3c2CCC3)C[C@H](C)O1. The van der Waals surface area contributed by atoms with Gasteiger partial charge in [0.2, 0.25) is 5.91 Å².